The second-order valence-corrected chi connectivity index (χ2v) is 7.68. The smallest absolute Gasteiger partial charge is 0.253 e. The van der Waals surface area contributed by atoms with E-state index < -0.39 is 0 Å². The van der Waals surface area contributed by atoms with E-state index in [2.05, 4.69) is 10.6 Å². The topological polar surface area (TPSA) is 72.1 Å². The van der Waals surface area contributed by atoms with Crippen LogP contribution >= 0.6 is 12.2 Å². The van der Waals surface area contributed by atoms with E-state index in [1.807, 2.05) is 41.3 Å². The summed E-state index contributed by atoms with van der Waals surface area (Å²) in [4.78, 5) is 14.5. The Morgan fingerprint density at radius 2 is 1.58 bits per heavy atom. The van der Waals surface area contributed by atoms with Crippen molar-refractivity contribution in [2.75, 3.05) is 39.7 Å². The number of piperidine rings is 1. The van der Waals surface area contributed by atoms with Gasteiger partial charge in [0.1, 0.15) is 0 Å². The van der Waals surface area contributed by atoms with Crippen molar-refractivity contribution in [3.63, 3.8) is 0 Å². The van der Waals surface area contributed by atoms with E-state index >= 15 is 0 Å². The van der Waals surface area contributed by atoms with Crippen LogP contribution in [0.2, 0.25) is 0 Å². The van der Waals surface area contributed by atoms with Gasteiger partial charge in [-0.05, 0) is 73.4 Å². The molecule has 7 nitrogen and oxygen atoms in total. The van der Waals surface area contributed by atoms with Gasteiger partial charge in [0.15, 0.2) is 16.6 Å². The van der Waals surface area contributed by atoms with Crippen molar-refractivity contribution in [3.05, 3.63) is 47.5 Å². The number of hydrogen-bond donors (Lipinski definition) is 2. The SMILES string of the molecule is COc1cc(CNC(=S)Nc2ccc(C(=O)N3CCCCC3)cc2)cc(OC)c1OC. The van der Waals surface area contributed by atoms with Crippen molar-refractivity contribution in [1.29, 1.82) is 0 Å². The van der Waals surface area contributed by atoms with Gasteiger partial charge in [-0.15, -0.1) is 0 Å². The maximum atomic E-state index is 12.6. The Morgan fingerprint density at radius 1 is 0.968 bits per heavy atom. The lowest BCUT2D eigenvalue weighted by molar-refractivity contribution is 0.0724. The summed E-state index contributed by atoms with van der Waals surface area (Å²) in [5.74, 6) is 1.82. The fraction of sp³-hybridized carbons (Fsp3) is 0.391. The van der Waals surface area contributed by atoms with Gasteiger partial charge in [0.2, 0.25) is 5.75 Å². The van der Waals surface area contributed by atoms with E-state index in [9.17, 15) is 4.79 Å². The van der Waals surface area contributed by atoms with Crippen molar-refractivity contribution in [3.8, 4) is 17.2 Å². The average molecular weight is 444 g/mol. The fourth-order valence-corrected chi connectivity index (χ4v) is 3.76. The minimum Gasteiger partial charge on any atom is -0.493 e. The van der Waals surface area contributed by atoms with Crippen LogP contribution < -0.4 is 24.8 Å². The van der Waals surface area contributed by atoms with E-state index in [0.29, 0.717) is 34.5 Å². The highest BCUT2D eigenvalue weighted by atomic mass is 32.1. The molecule has 2 N–H and O–H groups in total. The van der Waals surface area contributed by atoms with Crippen LogP contribution in [0.3, 0.4) is 0 Å². The molecule has 1 aliphatic heterocycles. The summed E-state index contributed by atoms with van der Waals surface area (Å²) in [6, 6.07) is 11.1. The molecular weight excluding hydrogens is 414 g/mol. The standard InChI is InChI=1S/C23H29N3O4S/c1-28-19-13-16(14-20(29-2)21(19)30-3)15-24-23(31)25-18-9-7-17(8-10-18)22(27)26-11-5-4-6-12-26/h7-10,13-14H,4-6,11-12,15H2,1-3H3,(H2,24,25,31). The fourth-order valence-electron chi connectivity index (χ4n) is 3.57. The predicted octanol–water partition coefficient (Wildman–Crippen LogP) is 3.83. The molecule has 1 saturated heterocycles. The Labute approximate surface area is 188 Å². The summed E-state index contributed by atoms with van der Waals surface area (Å²) in [6.07, 6.45) is 3.36. The van der Waals surface area contributed by atoms with E-state index in [4.69, 9.17) is 26.4 Å². The van der Waals surface area contributed by atoms with Crippen LogP contribution in [0, 0.1) is 0 Å². The van der Waals surface area contributed by atoms with Crippen LogP contribution in [-0.2, 0) is 6.54 Å². The summed E-state index contributed by atoms with van der Waals surface area (Å²) in [5, 5.41) is 6.79. The van der Waals surface area contributed by atoms with Crippen LogP contribution in [0.4, 0.5) is 5.69 Å². The number of benzene rings is 2. The number of thiocarbonyl (C=S) groups is 1. The van der Waals surface area contributed by atoms with Crippen LogP contribution in [0.1, 0.15) is 35.2 Å². The van der Waals surface area contributed by atoms with Gasteiger partial charge in [-0.2, -0.15) is 0 Å². The Morgan fingerprint density at radius 3 is 2.13 bits per heavy atom. The van der Waals surface area contributed by atoms with Crippen molar-refractivity contribution < 1.29 is 19.0 Å². The molecule has 0 unspecified atom stereocenters. The molecule has 1 fully saturated rings. The molecule has 2 aromatic carbocycles. The lowest BCUT2D eigenvalue weighted by atomic mass is 10.1. The van der Waals surface area contributed by atoms with E-state index in [-0.39, 0.29) is 5.91 Å². The van der Waals surface area contributed by atoms with Crippen molar-refractivity contribution in [2.45, 2.75) is 25.8 Å². The number of anilines is 1. The summed E-state index contributed by atoms with van der Waals surface area (Å²) in [6.45, 7) is 2.16. The number of carbonyl (C=O) groups is 1. The molecular formula is C23H29N3O4S. The quantitative estimate of drug-likeness (QED) is 0.630. The van der Waals surface area contributed by atoms with Gasteiger partial charge in [-0.3, -0.25) is 4.79 Å². The summed E-state index contributed by atoms with van der Waals surface area (Å²) in [5.41, 5.74) is 2.45. The molecule has 31 heavy (non-hydrogen) atoms. The zero-order valence-electron chi connectivity index (χ0n) is 18.2. The number of amides is 1. The Balaban J connectivity index is 1.57. The molecule has 0 aliphatic carbocycles. The molecule has 8 heteroatoms. The van der Waals surface area contributed by atoms with Crippen molar-refractivity contribution in [2.24, 2.45) is 0 Å². The second-order valence-electron chi connectivity index (χ2n) is 7.27. The normalized spacial score (nSPS) is 13.3. The zero-order valence-corrected chi connectivity index (χ0v) is 19.0. The van der Waals surface area contributed by atoms with Crippen molar-refractivity contribution >= 4 is 28.9 Å². The lowest BCUT2D eigenvalue weighted by Crippen LogP contribution is -2.35. The number of rotatable bonds is 7. The lowest BCUT2D eigenvalue weighted by Gasteiger charge is -2.26. The molecule has 0 spiro atoms. The third-order valence-corrected chi connectivity index (χ3v) is 5.46. The molecule has 0 atom stereocenters. The Hall–Kier alpha value is -3.00. The first-order chi connectivity index (χ1) is 15.0. The van der Waals surface area contributed by atoms with Gasteiger partial charge in [-0.25, -0.2) is 0 Å². The van der Waals surface area contributed by atoms with Gasteiger partial charge in [0, 0.05) is 30.9 Å². The first-order valence-corrected chi connectivity index (χ1v) is 10.7. The number of carbonyl (C=O) groups excluding carboxylic acids is 1. The summed E-state index contributed by atoms with van der Waals surface area (Å²) in [7, 11) is 4.74. The average Bonchev–Trinajstić information content (AvgIpc) is 2.82. The summed E-state index contributed by atoms with van der Waals surface area (Å²) < 4.78 is 16.1. The van der Waals surface area contributed by atoms with Gasteiger partial charge in [0.05, 0.1) is 21.3 Å². The van der Waals surface area contributed by atoms with Gasteiger partial charge < -0.3 is 29.7 Å². The highest BCUT2D eigenvalue weighted by molar-refractivity contribution is 7.80. The molecule has 0 saturated carbocycles. The second kappa shape index (κ2) is 10.9. The van der Waals surface area contributed by atoms with E-state index in [0.717, 1.165) is 37.2 Å². The minimum absolute atomic E-state index is 0.0920. The third-order valence-electron chi connectivity index (χ3n) is 5.21. The number of nitrogens with one attached hydrogen (secondary N) is 2. The molecule has 1 aliphatic rings. The highest BCUT2D eigenvalue weighted by Crippen LogP contribution is 2.38. The molecule has 1 heterocycles. The largest absolute Gasteiger partial charge is 0.493 e. The third kappa shape index (κ3) is 5.79. The summed E-state index contributed by atoms with van der Waals surface area (Å²) >= 11 is 5.41. The molecule has 0 radical (unpaired) electrons. The minimum atomic E-state index is 0.0920. The molecule has 0 aromatic heterocycles. The maximum absolute atomic E-state index is 12.6. The number of methoxy groups -OCH3 is 3. The van der Waals surface area contributed by atoms with Crippen molar-refractivity contribution in [1.82, 2.24) is 10.2 Å². The van der Waals surface area contributed by atoms with Gasteiger partial charge in [0.25, 0.3) is 5.91 Å². The molecule has 166 valence electrons. The Bertz CT molecular complexity index is 887. The number of hydrogen-bond acceptors (Lipinski definition) is 5. The number of ether oxygens (including phenoxy) is 3. The van der Waals surface area contributed by atoms with Crippen LogP contribution in [0.5, 0.6) is 17.2 Å². The first kappa shape index (κ1) is 22.7. The Kier molecular flexibility index (Phi) is 7.94. The van der Waals surface area contributed by atoms with Crippen LogP contribution in [0.15, 0.2) is 36.4 Å². The van der Waals surface area contributed by atoms with E-state index in [1.54, 1.807) is 21.3 Å². The molecule has 3 rings (SSSR count). The monoisotopic (exact) mass is 443 g/mol. The molecule has 1 amide bonds. The molecule has 0 bridgehead atoms. The predicted molar refractivity (Wildman–Crippen MR) is 125 cm³/mol. The van der Waals surface area contributed by atoms with Gasteiger partial charge in [-0.1, -0.05) is 0 Å². The van der Waals surface area contributed by atoms with Gasteiger partial charge >= 0.3 is 0 Å². The first-order valence-electron chi connectivity index (χ1n) is 10.3. The highest BCUT2D eigenvalue weighted by Gasteiger charge is 2.18. The van der Waals surface area contributed by atoms with Crippen LogP contribution in [0.25, 0.3) is 0 Å². The molecule has 2 aromatic rings. The maximum Gasteiger partial charge on any atom is 0.253 e. The van der Waals surface area contributed by atoms with E-state index in [1.165, 1.54) is 6.42 Å². The zero-order chi connectivity index (χ0) is 22.2. The van der Waals surface area contributed by atoms with Crippen LogP contribution in [-0.4, -0.2) is 50.3 Å². The number of nitrogens with zero attached hydrogens (tertiary/aromatic N) is 1. The number of likely N-dealkylation sites (tertiary alicyclic amines) is 1.